The Kier molecular flexibility index (Phi) is 3.44. The van der Waals surface area contributed by atoms with Crippen molar-refractivity contribution in [3.05, 3.63) is 45.4 Å². The number of ketones is 1. The fraction of sp³-hybridized carbons (Fsp3) is 0.286. The summed E-state index contributed by atoms with van der Waals surface area (Å²) in [7, 11) is 0. The number of carbonyl (C=O) groups is 1. The van der Waals surface area contributed by atoms with Crippen LogP contribution in [0, 0.1) is 0 Å². The van der Waals surface area contributed by atoms with Gasteiger partial charge in [0.15, 0.2) is 5.01 Å². The molecule has 0 unspecified atom stereocenters. The third-order valence-corrected chi connectivity index (χ3v) is 4.32. The summed E-state index contributed by atoms with van der Waals surface area (Å²) in [6, 6.07) is 5.18. The normalized spacial score (nSPS) is 14.4. The zero-order valence-electron chi connectivity index (χ0n) is 10.8. The van der Waals surface area contributed by atoms with Crippen LogP contribution < -0.4 is 5.32 Å². The molecule has 1 aromatic carbocycles. The zero-order chi connectivity index (χ0) is 15.0. The average molecular weight is 312 g/mol. The maximum absolute atomic E-state index is 12.5. The number of hydrogen-bond acceptors (Lipinski definition) is 4. The van der Waals surface area contributed by atoms with E-state index in [0.29, 0.717) is 16.9 Å². The van der Waals surface area contributed by atoms with Gasteiger partial charge in [0, 0.05) is 24.0 Å². The van der Waals surface area contributed by atoms with Crippen LogP contribution in [-0.2, 0) is 12.6 Å². The summed E-state index contributed by atoms with van der Waals surface area (Å²) >= 11 is 0.379. The van der Waals surface area contributed by atoms with Crippen molar-refractivity contribution in [3.63, 3.8) is 0 Å². The Balaban J connectivity index is 1.90. The Morgan fingerprint density at radius 3 is 2.86 bits per heavy atom. The molecular formula is C14H11F3N2OS. The lowest BCUT2D eigenvalue weighted by atomic mass is 9.99. The summed E-state index contributed by atoms with van der Waals surface area (Å²) in [6.45, 7) is 0.893. The highest BCUT2D eigenvalue weighted by molar-refractivity contribution is 7.13. The summed E-state index contributed by atoms with van der Waals surface area (Å²) in [4.78, 5) is 15.5. The topological polar surface area (TPSA) is 42.0 Å². The Labute approximate surface area is 122 Å². The summed E-state index contributed by atoms with van der Waals surface area (Å²) in [5, 5.41) is 2.23. The lowest BCUT2D eigenvalue weighted by molar-refractivity contribution is -0.137. The summed E-state index contributed by atoms with van der Waals surface area (Å²) in [5.74, 6) is -0.420. The highest BCUT2D eigenvalue weighted by atomic mass is 32.1. The number of thiazole rings is 1. The van der Waals surface area contributed by atoms with E-state index in [1.54, 1.807) is 18.2 Å². The van der Waals surface area contributed by atoms with E-state index in [0.717, 1.165) is 36.8 Å². The van der Waals surface area contributed by atoms with Crippen molar-refractivity contribution < 1.29 is 18.0 Å². The number of nitrogens with one attached hydrogen (secondary N) is 1. The maximum atomic E-state index is 12.5. The minimum Gasteiger partial charge on any atom is -0.385 e. The van der Waals surface area contributed by atoms with E-state index in [9.17, 15) is 18.0 Å². The van der Waals surface area contributed by atoms with Gasteiger partial charge in [-0.3, -0.25) is 4.79 Å². The van der Waals surface area contributed by atoms with E-state index in [1.807, 2.05) is 0 Å². The van der Waals surface area contributed by atoms with E-state index >= 15 is 0 Å². The van der Waals surface area contributed by atoms with E-state index in [-0.39, 0.29) is 4.88 Å². The molecule has 1 aliphatic heterocycles. The minimum atomic E-state index is -4.51. The first-order valence-electron chi connectivity index (χ1n) is 6.39. The number of aromatic nitrogens is 1. The van der Waals surface area contributed by atoms with Gasteiger partial charge in [0.05, 0.1) is 4.88 Å². The molecule has 0 radical (unpaired) electrons. The number of benzene rings is 1. The number of carbonyl (C=O) groups excluding carboxylic acids is 1. The van der Waals surface area contributed by atoms with Crippen LogP contribution >= 0.6 is 11.3 Å². The molecule has 1 aliphatic rings. The number of anilines is 1. The van der Waals surface area contributed by atoms with Gasteiger partial charge in [0.25, 0.3) is 0 Å². The van der Waals surface area contributed by atoms with Crippen LogP contribution in [0.4, 0.5) is 18.9 Å². The van der Waals surface area contributed by atoms with E-state index < -0.39 is 17.0 Å². The predicted octanol–water partition coefficient (Wildman–Crippen LogP) is 3.75. The molecule has 3 rings (SSSR count). The van der Waals surface area contributed by atoms with Gasteiger partial charge in [-0.05, 0) is 36.6 Å². The predicted molar refractivity (Wildman–Crippen MR) is 73.8 cm³/mol. The van der Waals surface area contributed by atoms with Gasteiger partial charge in [-0.15, -0.1) is 11.3 Å². The SMILES string of the molecule is O=C(c1ccc2c(c1)CCCN2)c1cnc(C(F)(F)F)s1. The van der Waals surface area contributed by atoms with Crippen LogP contribution in [-0.4, -0.2) is 17.3 Å². The molecule has 3 nitrogen and oxygen atoms in total. The van der Waals surface area contributed by atoms with Crippen LogP contribution in [0.25, 0.3) is 0 Å². The molecule has 0 fully saturated rings. The quantitative estimate of drug-likeness (QED) is 0.859. The molecule has 0 aliphatic carbocycles. The molecule has 21 heavy (non-hydrogen) atoms. The van der Waals surface area contributed by atoms with Gasteiger partial charge in [-0.25, -0.2) is 4.98 Å². The number of hydrogen-bond donors (Lipinski definition) is 1. The van der Waals surface area contributed by atoms with Gasteiger partial charge in [-0.2, -0.15) is 13.2 Å². The maximum Gasteiger partial charge on any atom is 0.443 e. The largest absolute Gasteiger partial charge is 0.443 e. The van der Waals surface area contributed by atoms with Crippen LogP contribution in [0.3, 0.4) is 0 Å². The molecule has 0 amide bonds. The standard InChI is InChI=1S/C14H11F3N2OS/c15-14(16,17)13-19-7-11(21-13)12(20)9-3-4-10-8(6-9)2-1-5-18-10/h3-4,6-7,18H,1-2,5H2. The minimum absolute atomic E-state index is 0.00560. The van der Waals surface area contributed by atoms with E-state index in [2.05, 4.69) is 10.3 Å². The molecule has 2 heterocycles. The molecule has 0 atom stereocenters. The van der Waals surface area contributed by atoms with Crippen molar-refractivity contribution in [1.82, 2.24) is 4.98 Å². The van der Waals surface area contributed by atoms with Crippen molar-refractivity contribution >= 4 is 22.8 Å². The molecule has 0 bridgehead atoms. The van der Waals surface area contributed by atoms with Crippen LogP contribution in [0.5, 0.6) is 0 Å². The highest BCUT2D eigenvalue weighted by Gasteiger charge is 2.35. The number of fused-ring (bicyclic) bond motifs is 1. The number of aryl methyl sites for hydroxylation is 1. The van der Waals surface area contributed by atoms with Gasteiger partial charge in [0.1, 0.15) is 0 Å². The second-order valence-electron chi connectivity index (χ2n) is 4.76. The Morgan fingerprint density at radius 2 is 2.14 bits per heavy atom. The zero-order valence-corrected chi connectivity index (χ0v) is 11.6. The van der Waals surface area contributed by atoms with E-state index in [4.69, 9.17) is 0 Å². The molecule has 110 valence electrons. The van der Waals surface area contributed by atoms with E-state index in [1.165, 1.54) is 0 Å². The van der Waals surface area contributed by atoms with Gasteiger partial charge in [-0.1, -0.05) is 0 Å². The molecule has 0 saturated heterocycles. The lowest BCUT2D eigenvalue weighted by Gasteiger charge is -2.18. The first-order valence-corrected chi connectivity index (χ1v) is 7.21. The highest BCUT2D eigenvalue weighted by Crippen LogP contribution is 2.33. The fourth-order valence-corrected chi connectivity index (χ4v) is 3.01. The van der Waals surface area contributed by atoms with Crippen molar-refractivity contribution in [2.75, 3.05) is 11.9 Å². The van der Waals surface area contributed by atoms with Gasteiger partial charge < -0.3 is 5.32 Å². The van der Waals surface area contributed by atoms with Crippen molar-refractivity contribution in [3.8, 4) is 0 Å². The molecule has 0 saturated carbocycles. The molecular weight excluding hydrogens is 301 g/mol. The van der Waals surface area contributed by atoms with Crippen LogP contribution in [0.15, 0.2) is 24.4 Å². The lowest BCUT2D eigenvalue weighted by Crippen LogP contribution is -2.12. The first-order chi connectivity index (χ1) is 9.95. The summed E-state index contributed by atoms with van der Waals surface area (Å²) < 4.78 is 37.6. The van der Waals surface area contributed by atoms with Crippen molar-refractivity contribution in [1.29, 1.82) is 0 Å². The summed E-state index contributed by atoms with van der Waals surface area (Å²) in [5.41, 5.74) is 2.40. The van der Waals surface area contributed by atoms with Gasteiger partial charge in [0.2, 0.25) is 5.78 Å². The number of alkyl halides is 3. The number of halogens is 3. The number of nitrogens with zero attached hydrogens (tertiary/aromatic N) is 1. The smallest absolute Gasteiger partial charge is 0.385 e. The monoisotopic (exact) mass is 312 g/mol. The Morgan fingerprint density at radius 1 is 1.33 bits per heavy atom. The third kappa shape index (κ3) is 2.78. The second kappa shape index (κ2) is 5.14. The first kappa shape index (κ1) is 14.1. The summed E-state index contributed by atoms with van der Waals surface area (Å²) in [6.07, 6.45) is -1.68. The van der Waals surface area contributed by atoms with Crippen molar-refractivity contribution in [2.45, 2.75) is 19.0 Å². The molecule has 7 heteroatoms. The fourth-order valence-electron chi connectivity index (χ4n) is 2.27. The Bertz CT molecular complexity index is 694. The molecule has 0 spiro atoms. The molecule has 1 aromatic heterocycles. The molecule has 1 N–H and O–H groups in total. The average Bonchev–Trinajstić information content (AvgIpc) is 2.96. The van der Waals surface area contributed by atoms with Crippen molar-refractivity contribution in [2.24, 2.45) is 0 Å². The van der Waals surface area contributed by atoms with Gasteiger partial charge >= 0.3 is 6.18 Å². The number of rotatable bonds is 2. The molecule has 2 aromatic rings. The Hall–Kier alpha value is -1.89. The third-order valence-electron chi connectivity index (χ3n) is 3.28. The van der Waals surface area contributed by atoms with Crippen LogP contribution in [0.2, 0.25) is 0 Å². The second-order valence-corrected chi connectivity index (χ2v) is 5.79. The van der Waals surface area contributed by atoms with Crippen LogP contribution in [0.1, 0.15) is 32.2 Å².